The molecule has 0 bridgehead atoms. The summed E-state index contributed by atoms with van der Waals surface area (Å²) in [6.07, 6.45) is 3.76. The summed E-state index contributed by atoms with van der Waals surface area (Å²) in [5, 5.41) is 3.54. The number of nitrogens with one attached hydrogen (secondary N) is 2. The van der Waals surface area contributed by atoms with Crippen LogP contribution in [0.3, 0.4) is 0 Å². The van der Waals surface area contributed by atoms with Gasteiger partial charge in [-0.15, -0.1) is 0 Å². The Labute approximate surface area is 101 Å². The molecule has 0 spiro atoms. The first kappa shape index (κ1) is 10.7. The topological polar surface area (TPSA) is 40.7 Å². The summed E-state index contributed by atoms with van der Waals surface area (Å²) in [5.41, 5.74) is 2.73. The van der Waals surface area contributed by atoms with Crippen molar-refractivity contribution < 1.29 is 0 Å². The maximum absolute atomic E-state index is 4.84. The summed E-state index contributed by atoms with van der Waals surface area (Å²) in [4.78, 5) is 8.37. The molecule has 1 saturated heterocycles. The van der Waals surface area contributed by atoms with Crippen molar-refractivity contribution in [1.82, 2.24) is 15.3 Å². The number of aryl methyl sites for hydroxylation is 1. The van der Waals surface area contributed by atoms with Gasteiger partial charge in [0, 0.05) is 29.7 Å². The Morgan fingerprint density at radius 3 is 2.94 bits per heavy atom. The van der Waals surface area contributed by atoms with Crippen LogP contribution in [0, 0.1) is 0 Å². The number of nitrogens with zero attached hydrogens (tertiary/aromatic N) is 1. The van der Waals surface area contributed by atoms with Crippen molar-refractivity contribution in [2.24, 2.45) is 0 Å². The minimum atomic E-state index is 0.441. The lowest BCUT2D eigenvalue weighted by molar-refractivity contribution is 0.567. The van der Waals surface area contributed by atoms with E-state index in [9.17, 15) is 0 Å². The third-order valence-corrected chi connectivity index (χ3v) is 4.46. The molecule has 0 aromatic carbocycles. The van der Waals surface area contributed by atoms with Crippen molar-refractivity contribution in [1.29, 1.82) is 0 Å². The van der Waals surface area contributed by atoms with Gasteiger partial charge in [0.15, 0.2) is 0 Å². The Kier molecular flexibility index (Phi) is 2.94. The molecular formula is C12H19N3S. The van der Waals surface area contributed by atoms with Gasteiger partial charge in [-0.3, -0.25) is 0 Å². The van der Waals surface area contributed by atoms with Crippen LogP contribution >= 0.6 is 11.8 Å². The van der Waals surface area contributed by atoms with Crippen molar-refractivity contribution >= 4 is 11.8 Å². The quantitative estimate of drug-likeness (QED) is 0.847. The van der Waals surface area contributed by atoms with Crippen LogP contribution in [-0.2, 0) is 6.42 Å². The van der Waals surface area contributed by atoms with Crippen LogP contribution < -0.4 is 5.32 Å². The number of hydrogen-bond acceptors (Lipinski definition) is 3. The van der Waals surface area contributed by atoms with E-state index < -0.39 is 0 Å². The summed E-state index contributed by atoms with van der Waals surface area (Å²) in [6.45, 7) is 3.32. The van der Waals surface area contributed by atoms with Gasteiger partial charge in [-0.25, -0.2) is 4.98 Å². The molecule has 2 N–H and O–H groups in total. The molecule has 1 aromatic rings. The molecule has 16 heavy (non-hydrogen) atoms. The van der Waals surface area contributed by atoms with Crippen LogP contribution in [0.1, 0.15) is 48.9 Å². The molecule has 2 heterocycles. The number of hydrogen-bond donors (Lipinski definition) is 2. The van der Waals surface area contributed by atoms with Crippen molar-refractivity contribution in [2.45, 2.75) is 38.1 Å². The van der Waals surface area contributed by atoms with E-state index in [2.05, 4.69) is 17.2 Å². The Morgan fingerprint density at radius 2 is 2.31 bits per heavy atom. The highest BCUT2D eigenvalue weighted by molar-refractivity contribution is 7.99. The van der Waals surface area contributed by atoms with Gasteiger partial charge in [-0.1, -0.05) is 6.92 Å². The summed E-state index contributed by atoms with van der Waals surface area (Å²) in [5.74, 6) is 4.32. The highest BCUT2D eigenvalue weighted by atomic mass is 32.2. The standard InChI is InChI=1S/C12H19N3S/c1-2-9-11(8-3-4-8)15-12(14-9)10-7-16-6-5-13-10/h8,10,13H,2-7H2,1H3,(H,14,15). The predicted octanol–water partition coefficient (Wildman–Crippen LogP) is 2.23. The second kappa shape index (κ2) is 4.41. The van der Waals surface area contributed by atoms with Crippen molar-refractivity contribution in [3.8, 4) is 0 Å². The molecule has 2 aliphatic rings. The van der Waals surface area contributed by atoms with E-state index in [1.165, 1.54) is 35.8 Å². The Hall–Kier alpha value is -0.480. The van der Waals surface area contributed by atoms with Gasteiger partial charge in [0.2, 0.25) is 0 Å². The second-order valence-electron chi connectivity index (χ2n) is 4.70. The van der Waals surface area contributed by atoms with E-state index in [-0.39, 0.29) is 0 Å². The second-order valence-corrected chi connectivity index (χ2v) is 5.85. The number of rotatable bonds is 3. The Morgan fingerprint density at radius 1 is 1.44 bits per heavy atom. The van der Waals surface area contributed by atoms with Gasteiger partial charge in [-0.05, 0) is 19.3 Å². The molecule has 1 saturated carbocycles. The van der Waals surface area contributed by atoms with E-state index in [0.717, 1.165) is 24.6 Å². The lowest BCUT2D eigenvalue weighted by Crippen LogP contribution is -2.31. The van der Waals surface area contributed by atoms with Crippen LogP contribution in [0.15, 0.2) is 0 Å². The number of aromatic amines is 1. The van der Waals surface area contributed by atoms with Crippen molar-refractivity contribution in [2.75, 3.05) is 18.1 Å². The lowest BCUT2D eigenvalue weighted by Gasteiger charge is -2.21. The maximum Gasteiger partial charge on any atom is 0.124 e. The molecule has 1 unspecified atom stereocenters. The van der Waals surface area contributed by atoms with Crippen LogP contribution in [0.2, 0.25) is 0 Å². The van der Waals surface area contributed by atoms with Gasteiger partial charge in [-0.2, -0.15) is 11.8 Å². The number of H-pyrrole nitrogens is 1. The van der Waals surface area contributed by atoms with Crippen molar-refractivity contribution in [3.63, 3.8) is 0 Å². The molecule has 2 fully saturated rings. The fraction of sp³-hybridized carbons (Fsp3) is 0.750. The zero-order chi connectivity index (χ0) is 11.0. The van der Waals surface area contributed by atoms with Gasteiger partial charge in [0.25, 0.3) is 0 Å². The first-order valence-corrected chi connectivity index (χ1v) is 7.43. The first-order valence-electron chi connectivity index (χ1n) is 6.28. The van der Waals surface area contributed by atoms with Crippen LogP contribution in [0.4, 0.5) is 0 Å². The maximum atomic E-state index is 4.84. The lowest BCUT2D eigenvalue weighted by atomic mass is 10.2. The van der Waals surface area contributed by atoms with Crippen LogP contribution in [0.5, 0.6) is 0 Å². The van der Waals surface area contributed by atoms with Crippen LogP contribution in [0.25, 0.3) is 0 Å². The fourth-order valence-corrected chi connectivity index (χ4v) is 3.25. The van der Waals surface area contributed by atoms with E-state index in [4.69, 9.17) is 4.98 Å². The molecule has 1 aliphatic heterocycles. The van der Waals surface area contributed by atoms with Gasteiger partial charge >= 0.3 is 0 Å². The molecule has 0 amide bonds. The highest BCUT2D eigenvalue weighted by Gasteiger charge is 2.30. The summed E-state index contributed by atoms with van der Waals surface area (Å²) < 4.78 is 0. The van der Waals surface area contributed by atoms with Gasteiger partial charge < -0.3 is 10.3 Å². The SMILES string of the molecule is CCc1[nH]c(C2CSCCN2)nc1C1CC1. The Balaban J connectivity index is 1.83. The normalized spacial score (nSPS) is 25.9. The zero-order valence-electron chi connectivity index (χ0n) is 9.75. The summed E-state index contributed by atoms with van der Waals surface area (Å²) in [7, 11) is 0. The molecule has 4 heteroatoms. The van der Waals surface area contributed by atoms with E-state index >= 15 is 0 Å². The third kappa shape index (κ3) is 2.00. The number of thioether (sulfide) groups is 1. The minimum absolute atomic E-state index is 0.441. The number of aromatic nitrogens is 2. The largest absolute Gasteiger partial charge is 0.344 e. The average Bonchev–Trinajstić information content (AvgIpc) is 3.10. The smallest absolute Gasteiger partial charge is 0.124 e. The molecule has 1 atom stereocenters. The van der Waals surface area contributed by atoms with E-state index in [0.29, 0.717) is 6.04 Å². The van der Waals surface area contributed by atoms with E-state index in [1.54, 1.807) is 0 Å². The monoisotopic (exact) mass is 237 g/mol. The minimum Gasteiger partial charge on any atom is -0.344 e. The molecule has 0 radical (unpaired) electrons. The van der Waals surface area contributed by atoms with Crippen LogP contribution in [-0.4, -0.2) is 28.0 Å². The summed E-state index contributed by atoms with van der Waals surface area (Å²) in [6, 6.07) is 0.441. The van der Waals surface area contributed by atoms with Gasteiger partial charge in [0.05, 0.1) is 11.7 Å². The highest BCUT2D eigenvalue weighted by Crippen LogP contribution is 2.41. The number of imidazole rings is 1. The molecule has 3 rings (SSSR count). The van der Waals surface area contributed by atoms with Crippen molar-refractivity contribution in [3.05, 3.63) is 17.2 Å². The predicted molar refractivity (Wildman–Crippen MR) is 68.0 cm³/mol. The van der Waals surface area contributed by atoms with Gasteiger partial charge in [0.1, 0.15) is 5.82 Å². The average molecular weight is 237 g/mol. The zero-order valence-corrected chi connectivity index (χ0v) is 10.6. The molecule has 3 nitrogen and oxygen atoms in total. The first-order chi connectivity index (χ1) is 7.88. The van der Waals surface area contributed by atoms with E-state index in [1.807, 2.05) is 11.8 Å². The molecule has 88 valence electrons. The third-order valence-electron chi connectivity index (χ3n) is 3.40. The fourth-order valence-electron chi connectivity index (χ4n) is 2.31. The molecular weight excluding hydrogens is 218 g/mol. The summed E-state index contributed by atoms with van der Waals surface area (Å²) >= 11 is 2.02. The Bertz CT molecular complexity index is 364. The molecule has 1 aromatic heterocycles. The molecule has 1 aliphatic carbocycles.